The van der Waals surface area contributed by atoms with E-state index in [0.717, 1.165) is 5.23 Å². The van der Waals surface area contributed by atoms with Gasteiger partial charge >= 0.3 is 29.6 Å². The van der Waals surface area contributed by atoms with E-state index >= 15 is 0 Å². The SMILES string of the molecule is O=C=S.[NaH]. The second-order valence-electron chi connectivity index (χ2n) is 0.0833. The number of thiocarbonyl (C=S) groups is 1. The van der Waals surface area contributed by atoms with Gasteiger partial charge in [0.05, 0.1) is 0 Å². The molecule has 0 radical (unpaired) electrons. The summed E-state index contributed by atoms with van der Waals surface area (Å²) in [5.41, 5.74) is 0. The Morgan fingerprint density at radius 2 is 1.75 bits per heavy atom. The zero-order chi connectivity index (χ0) is 2.71. The molecule has 3 heteroatoms. The van der Waals surface area contributed by atoms with E-state index in [-0.39, 0.29) is 29.6 Å². The summed E-state index contributed by atoms with van der Waals surface area (Å²) in [5.74, 6) is 0. The summed E-state index contributed by atoms with van der Waals surface area (Å²) in [6, 6.07) is 0. The first kappa shape index (κ1) is 8.84. The van der Waals surface area contributed by atoms with Crippen LogP contribution in [-0.4, -0.2) is 34.8 Å². The number of carbonyl (C=O) groups excluding carboxylic acids is 1. The molecule has 0 atom stereocenters. The van der Waals surface area contributed by atoms with Gasteiger partial charge in [0, 0.05) is 12.2 Å². The van der Waals surface area contributed by atoms with Gasteiger partial charge in [0.15, 0.2) is 0 Å². The van der Waals surface area contributed by atoms with Gasteiger partial charge in [-0.3, -0.25) is 0 Å². The van der Waals surface area contributed by atoms with Gasteiger partial charge in [0.1, 0.15) is 0 Å². The molecule has 18 valence electrons. The van der Waals surface area contributed by atoms with Crippen LogP contribution < -0.4 is 0 Å². The first-order chi connectivity index (χ1) is 1.41. The molecule has 1 nitrogen and oxygen atoms in total. The van der Waals surface area contributed by atoms with Crippen LogP contribution in [0.1, 0.15) is 0 Å². The molecule has 0 aromatic heterocycles. The average molecular weight is 84.1 g/mol. The molecule has 0 aliphatic rings. The summed E-state index contributed by atoms with van der Waals surface area (Å²) in [7, 11) is 0. The van der Waals surface area contributed by atoms with Gasteiger partial charge in [-0.25, -0.2) is 4.79 Å². The quantitative estimate of drug-likeness (QED) is 0.293. The third-order valence-electron chi connectivity index (χ3n) is 0. The molecule has 0 unspecified atom stereocenters. The maximum atomic E-state index is 8.50. The van der Waals surface area contributed by atoms with Gasteiger partial charge in [0.25, 0.3) is 0 Å². The van der Waals surface area contributed by atoms with Gasteiger partial charge < -0.3 is 0 Å². The maximum absolute atomic E-state index is 8.50. The Morgan fingerprint density at radius 3 is 1.75 bits per heavy atom. The monoisotopic (exact) mass is 84.0 g/mol. The molecule has 0 aromatic rings. The van der Waals surface area contributed by atoms with Crippen LogP contribution in [0.25, 0.3) is 0 Å². The van der Waals surface area contributed by atoms with Crippen molar-refractivity contribution >= 4 is 47.0 Å². The van der Waals surface area contributed by atoms with Crippen molar-refractivity contribution in [2.75, 3.05) is 0 Å². The van der Waals surface area contributed by atoms with E-state index in [1.165, 1.54) is 0 Å². The van der Waals surface area contributed by atoms with Crippen LogP contribution >= 0.6 is 12.2 Å². The molecule has 0 aromatic carbocycles. The molecule has 0 saturated carbocycles. The molecule has 0 bridgehead atoms. The zero-order valence-corrected chi connectivity index (χ0v) is 2.13. The van der Waals surface area contributed by atoms with Crippen molar-refractivity contribution in [3.63, 3.8) is 0 Å². The molecule has 0 heterocycles. The third-order valence-corrected chi connectivity index (χ3v) is 0. The Bertz CT molecular complexity index is 29.0. The van der Waals surface area contributed by atoms with Crippen molar-refractivity contribution in [1.29, 1.82) is 0 Å². The molecular formula is CHNaOS. The second kappa shape index (κ2) is 9.20. The fourth-order valence-electron chi connectivity index (χ4n) is 0. The van der Waals surface area contributed by atoms with E-state index in [4.69, 9.17) is 4.79 Å². The third kappa shape index (κ3) is 14.2. The normalized spacial score (nSPS) is 2.00. The van der Waals surface area contributed by atoms with Crippen LogP contribution in [0.15, 0.2) is 0 Å². The molecule has 0 amide bonds. The predicted molar refractivity (Wildman–Crippen MR) is 20.4 cm³/mol. The van der Waals surface area contributed by atoms with Crippen molar-refractivity contribution in [3.05, 3.63) is 0 Å². The van der Waals surface area contributed by atoms with E-state index in [9.17, 15) is 0 Å². The Balaban J connectivity index is 0. The van der Waals surface area contributed by atoms with Crippen LogP contribution in [0.3, 0.4) is 0 Å². The van der Waals surface area contributed by atoms with Crippen LogP contribution in [0, 0.1) is 0 Å². The fourth-order valence-corrected chi connectivity index (χ4v) is 0. The first-order valence-corrected chi connectivity index (χ1v) is 0.816. The van der Waals surface area contributed by atoms with Crippen molar-refractivity contribution < 1.29 is 4.79 Å². The van der Waals surface area contributed by atoms with Gasteiger partial charge in [-0.2, -0.15) is 0 Å². The molecule has 4 heavy (non-hydrogen) atoms. The van der Waals surface area contributed by atoms with E-state index in [1.807, 2.05) is 0 Å². The van der Waals surface area contributed by atoms with Gasteiger partial charge in [0.2, 0.25) is 5.23 Å². The standard InChI is InChI=1S/COS.Na.H/c2-1-3;;. The average Bonchev–Trinajstić information content (AvgIpc) is 0.918. The van der Waals surface area contributed by atoms with E-state index < -0.39 is 0 Å². The van der Waals surface area contributed by atoms with E-state index in [1.54, 1.807) is 0 Å². The van der Waals surface area contributed by atoms with Gasteiger partial charge in [-0.05, 0) is 0 Å². The van der Waals surface area contributed by atoms with Gasteiger partial charge in [-0.1, -0.05) is 0 Å². The summed E-state index contributed by atoms with van der Waals surface area (Å²) in [4.78, 5) is 8.50. The second-order valence-corrected chi connectivity index (χ2v) is 0.250. The number of rotatable bonds is 0. The Morgan fingerprint density at radius 1 is 1.75 bits per heavy atom. The van der Waals surface area contributed by atoms with Crippen molar-refractivity contribution in [2.24, 2.45) is 0 Å². The molecular weight excluding hydrogens is 83.1 g/mol. The van der Waals surface area contributed by atoms with Gasteiger partial charge in [-0.15, -0.1) is 0 Å². The predicted octanol–water partition coefficient (Wildman–Crippen LogP) is -0.397. The topological polar surface area (TPSA) is 17.1 Å². The molecule has 0 N–H and O–H groups in total. The Labute approximate surface area is 51.7 Å². The van der Waals surface area contributed by atoms with Crippen molar-refractivity contribution in [2.45, 2.75) is 0 Å². The fraction of sp³-hybridized carbons (Fsp3) is 0. The number of hydrogen-bond acceptors (Lipinski definition) is 2. The Kier molecular flexibility index (Phi) is 20.3. The summed E-state index contributed by atoms with van der Waals surface area (Å²) >= 11 is 3.59. The summed E-state index contributed by atoms with van der Waals surface area (Å²) in [5, 5.41) is 1.08. The summed E-state index contributed by atoms with van der Waals surface area (Å²) in [6.07, 6.45) is 0. The number of hydrogen-bond donors (Lipinski definition) is 0. The van der Waals surface area contributed by atoms with Crippen LogP contribution in [0.2, 0.25) is 0 Å². The molecule has 0 spiro atoms. The molecule has 0 aliphatic heterocycles. The summed E-state index contributed by atoms with van der Waals surface area (Å²) < 4.78 is 0. The minimum atomic E-state index is 0. The zero-order valence-electron chi connectivity index (χ0n) is 1.32. The molecule has 0 saturated heterocycles. The van der Waals surface area contributed by atoms with Crippen LogP contribution in [0.4, 0.5) is 0 Å². The van der Waals surface area contributed by atoms with Crippen LogP contribution in [-0.2, 0) is 4.79 Å². The van der Waals surface area contributed by atoms with E-state index in [0.29, 0.717) is 0 Å². The Hall–Kier alpha value is 0.800. The van der Waals surface area contributed by atoms with Crippen molar-refractivity contribution in [1.82, 2.24) is 0 Å². The minimum absolute atomic E-state index is 0. The van der Waals surface area contributed by atoms with E-state index in [2.05, 4.69) is 12.2 Å². The summed E-state index contributed by atoms with van der Waals surface area (Å²) in [6.45, 7) is 0. The first-order valence-electron chi connectivity index (χ1n) is 0.408. The molecule has 0 fully saturated rings. The molecule has 0 rings (SSSR count). The molecule has 0 aliphatic carbocycles. The van der Waals surface area contributed by atoms with Crippen LogP contribution in [0.5, 0.6) is 0 Å². The van der Waals surface area contributed by atoms with Crippen molar-refractivity contribution in [3.8, 4) is 0 Å².